The molecule has 0 aromatic carbocycles. The fraction of sp³-hybridized carbons (Fsp3) is 1.00. The number of nitrogens with two attached hydrogens (primary N) is 1. The summed E-state index contributed by atoms with van der Waals surface area (Å²) in [7, 11) is 0. The summed E-state index contributed by atoms with van der Waals surface area (Å²) in [6, 6.07) is 0.451. The number of thioether (sulfide) groups is 1. The Bertz CT molecular complexity index is 132. The first-order valence-corrected chi connectivity index (χ1v) is 7.25. The lowest BCUT2D eigenvalue weighted by Gasteiger charge is -2.14. The minimum atomic E-state index is 0.451. The average molecular weight is 215 g/mol. The molecule has 1 nitrogen and oxygen atoms in total. The highest BCUT2D eigenvalue weighted by Crippen LogP contribution is 2.29. The second-order valence-corrected chi connectivity index (χ2v) is 5.83. The van der Waals surface area contributed by atoms with E-state index in [1.807, 2.05) is 0 Å². The van der Waals surface area contributed by atoms with E-state index in [1.54, 1.807) is 0 Å². The van der Waals surface area contributed by atoms with E-state index in [0.29, 0.717) is 6.04 Å². The molecule has 2 heteroatoms. The molecule has 1 atom stereocenters. The van der Waals surface area contributed by atoms with Crippen LogP contribution in [0.25, 0.3) is 0 Å². The molecule has 0 aromatic heterocycles. The summed E-state index contributed by atoms with van der Waals surface area (Å²) < 4.78 is 0. The van der Waals surface area contributed by atoms with Gasteiger partial charge in [0.15, 0.2) is 0 Å². The van der Waals surface area contributed by atoms with Crippen molar-refractivity contribution in [1.82, 2.24) is 0 Å². The van der Waals surface area contributed by atoms with Crippen LogP contribution in [-0.2, 0) is 0 Å². The molecule has 0 saturated heterocycles. The molecule has 84 valence electrons. The Kier molecular flexibility index (Phi) is 6.70. The van der Waals surface area contributed by atoms with E-state index >= 15 is 0 Å². The molecular formula is C12H25NS. The van der Waals surface area contributed by atoms with Crippen molar-refractivity contribution in [3.63, 3.8) is 0 Å². The largest absolute Gasteiger partial charge is 0.327 e. The van der Waals surface area contributed by atoms with Crippen LogP contribution >= 0.6 is 11.8 Å². The molecular weight excluding hydrogens is 190 g/mol. The molecule has 1 aliphatic rings. The Hall–Kier alpha value is 0.310. The highest BCUT2D eigenvalue weighted by atomic mass is 32.2. The van der Waals surface area contributed by atoms with E-state index in [4.69, 9.17) is 5.73 Å². The Morgan fingerprint density at radius 3 is 2.64 bits per heavy atom. The standard InChI is InChI=1S/C12H25NS/c1-2-3-4-7-11(13)10-14-12-8-5-6-9-12/h11-12H,2-10,13H2,1H3. The predicted octanol–water partition coefficient (Wildman–Crippen LogP) is 3.57. The first-order valence-electron chi connectivity index (χ1n) is 6.20. The fourth-order valence-electron chi connectivity index (χ4n) is 2.05. The molecule has 0 amide bonds. The van der Waals surface area contributed by atoms with E-state index in [2.05, 4.69) is 18.7 Å². The van der Waals surface area contributed by atoms with Gasteiger partial charge in [0.05, 0.1) is 0 Å². The zero-order valence-corrected chi connectivity index (χ0v) is 10.3. The van der Waals surface area contributed by atoms with Gasteiger partial charge in [-0.1, -0.05) is 39.0 Å². The third-order valence-electron chi connectivity index (χ3n) is 3.03. The summed E-state index contributed by atoms with van der Waals surface area (Å²) >= 11 is 2.13. The molecule has 14 heavy (non-hydrogen) atoms. The van der Waals surface area contributed by atoms with Crippen molar-refractivity contribution >= 4 is 11.8 Å². The SMILES string of the molecule is CCCCCC(N)CSC1CCCC1. The summed E-state index contributed by atoms with van der Waals surface area (Å²) in [5, 5.41) is 0.937. The van der Waals surface area contributed by atoms with Crippen molar-refractivity contribution < 1.29 is 0 Å². The average Bonchev–Trinajstić information content (AvgIpc) is 2.68. The summed E-state index contributed by atoms with van der Waals surface area (Å²) in [6.45, 7) is 2.25. The first kappa shape index (κ1) is 12.4. The maximum atomic E-state index is 6.07. The second-order valence-electron chi connectivity index (χ2n) is 4.50. The molecule has 0 aromatic rings. The van der Waals surface area contributed by atoms with Crippen LogP contribution in [0.3, 0.4) is 0 Å². The lowest BCUT2D eigenvalue weighted by atomic mass is 10.1. The zero-order valence-electron chi connectivity index (χ0n) is 9.50. The molecule has 1 saturated carbocycles. The summed E-state index contributed by atoms with van der Waals surface area (Å²) in [5.41, 5.74) is 6.07. The van der Waals surface area contributed by atoms with Crippen LogP contribution in [0.2, 0.25) is 0 Å². The lowest BCUT2D eigenvalue weighted by molar-refractivity contribution is 0.596. The zero-order chi connectivity index (χ0) is 10.2. The predicted molar refractivity (Wildman–Crippen MR) is 66.8 cm³/mol. The minimum absolute atomic E-state index is 0.451. The fourth-order valence-corrected chi connectivity index (χ4v) is 3.41. The van der Waals surface area contributed by atoms with Crippen molar-refractivity contribution in [1.29, 1.82) is 0 Å². The normalized spacial score (nSPS) is 20.1. The Morgan fingerprint density at radius 2 is 2.00 bits per heavy atom. The Balaban J connectivity index is 1.93. The number of hydrogen-bond acceptors (Lipinski definition) is 2. The highest BCUT2D eigenvalue weighted by molar-refractivity contribution is 7.99. The highest BCUT2D eigenvalue weighted by Gasteiger charge is 2.16. The summed E-state index contributed by atoms with van der Waals surface area (Å²) in [5.74, 6) is 1.19. The number of unbranched alkanes of at least 4 members (excludes halogenated alkanes) is 2. The van der Waals surface area contributed by atoms with E-state index in [9.17, 15) is 0 Å². The van der Waals surface area contributed by atoms with E-state index in [-0.39, 0.29) is 0 Å². The molecule has 0 radical (unpaired) electrons. The molecule has 1 rings (SSSR count). The quantitative estimate of drug-likeness (QED) is 0.657. The van der Waals surface area contributed by atoms with Gasteiger partial charge >= 0.3 is 0 Å². The number of rotatable bonds is 7. The first-order chi connectivity index (χ1) is 6.83. The van der Waals surface area contributed by atoms with Gasteiger partial charge in [0.1, 0.15) is 0 Å². The molecule has 1 aliphatic carbocycles. The topological polar surface area (TPSA) is 26.0 Å². The molecule has 1 fully saturated rings. The molecule has 0 spiro atoms. The molecule has 0 heterocycles. The van der Waals surface area contributed by atoms with Crippen molar-refractivity contribution in [2.24, 2.45) is 5.73 Å². The number of hydrogen-bond donors (Lipinski definition) is 1. The second kappa shape index (κ2) is 7.58. The van der Waals surface area contributed by atoms with E-state index in [0.717, 1.165) is 5.25 Å². The van der Waals surface area contributed by atoms with Gasteiger partial charge in [0.25, 0.3) is 0 Å². The van der Waals surface area contributed by atoms with Gasteiger partial charge < -0.3 is 5.73 Å². The van der Waals surface area contributed by atoms with Gasteiger partial charge in [0, 0.05) is 17.0 Å². The van der Waals surface area contributed by atoms with Crippen LogP contribution in [0.1, 0.15) is 58.3 Å². The Morgan fingerprint density at radius 1 is 1.29 bits per heavy atom. The molecule has 2 N–H and O–H groups in total. The van der Waals surface area contributed by atoms with Crippen LogP contribution in [0.4, 0.5) is 0 Å². The maximum Gasteiger partial charge on any atom is 0.0130 e. The minimum Gasteiger partial charge on any atom is -0.327 e. The van der Waals surface area contributed by atoms with Crippen LogP contribution in [0, 0.1) is 0 Å². The Labute approximate surface area is 93.2 Å². The van der Waals surface area contributed by atoms with Crippen LogP contribution in [0.15, 0.2) is 0 Å². The van der Waals surface area contributed by atoms with Crippen LogP contribution in [0.5, 0.6) is 0 Å². The van der Waals surface area contributed by atoms with Gasteiger partial charge in [-0.2, -0.15) is 11.8 Å². The van der Waals surface area contributed by atoms with E-state index in [1.165, 1.54) is 57.1 Å². The third kappa shape index (κ3) is 5.26. The molecule has 1 unspecified atom stereocenters. The van der Waals surface area contributed by atoms with Gasteiger partial charge in [-0.3, -0.25) is 0 Å². The van der Waals surface area contributed by atoms with Crippen molar-refractivity contribution in [3.05, 3.63) is 0 Å². The van der Waals surface area contributed by atoms with E-state index < -0.39 is 0 Å². The van der Waals surface area contributed by atoms with Crippen molar-refractivity contribution in [2.75, 3.05) is 5.75 Å². The smallest absolute Gasteiger partial charge is 0.0130 e. The van der Waals surface area contributed by atoms with Crippen molar-refractivity contribution in [3.8, 4) is 0 Å². The van der Waals surface area contributed by atoms with Gasteiger partial charge in [0.2, 0.25) is 0 Å². The summed E-state index contributed by atoms with van der Waals surface area (Å²) in [4.78, 5) is 0. The van der Waals surface area contributed by atoms with Gasteiger partial charge in [-0.15, -0.1) is 0 Å². The van der Waals surface area contributed by atoms with Crippen LogP contribution < -0.4 is 5.73 Å². The monoisotopic (exact) mass is 215 g/mol. The maximum absolute atomic E-state index is 6.07. The molecule has 0 bridgehead atoms. The van der Waals surface area contributed by atoms with Crippen LogP contribution in [-0.4, -0.2) is 17.0 Å². The van der Waals surface area contributed by atoms with Gasteiger partial charge in [-0.25, -0.2) is 0 Å². The molecule has 0 aliphatic heterocycles. The third-order valence-corrected chi connectivity index (χ3v) is 4.59. The van der Waals surface area contributed by atoms with Crippen molar-refractivity contribution in [2.45, 2.75) is 69.6 Å². The summed E-state index contributed by atoms with van der Waals surface area (Å²) in [6.07, 6.45) is 11.0. The lowest BCUT2D eigenvalue weighted by Crippen LogP contribution is -2.23. The van der Waals surface area contributed by atoms with Gasteiger partial charge in [-0.05, 0) is 19.3 Å².